The first-order valence-corrected chi connectivity index (χ1v) is 5.58. The summed E-state index contributed by atoms with van der Waals surface area (Å²) in [4.78, 5) is 13.5. The van der Waals surface area contributed by atoms with Crippen molar-refractivity contribution in [3.63, 3.8) is 0 Å². The van der Waals surface area contributed by atoms with Crippen molar-refractivity contribution in [2.24, 2.45) is 0 Å². The van der Waals surface area contributed by atoms with Gasteiger partial charge in [0.25, 0.3) is 0 Å². The van der Waals surface area contributed by atoms with Gasteiger partial charge in [-0.1, -0.05) is 42.5 Å². The van der Waals surface area contributed by atoms with E-state index in [4.69, 9.17) is 0 Å². The molecule has 0 bridgehead atoms. The van der Waals surface area contributed by atoms with Crippen LogP contribution in [0, 0.1) is 0 Å². The Morgan fingerprint density at radius 3 is 2.76 bits per heavy atom. The van der Waals surface area contributed by atoms with Crippen molar-refractivity contribution in [2.45, 2.75) is 5.54 Å². The lowest BCUT2D eigenvalue weighted by Gasteiger charge is -2.36. The molecular weight excluding hydrogens is 216 g/mol. The third kappa shape index (κ3) is 1.80. The summed E-state index contributed by atoms with van der Waals surface area (Å²) >= 11 is 0. The Kier molecular flexibility index (Phi) is 3.15. The van der Waals surface area contributed by atoms with E-state index in [9.17, 15) is 9.90 Å². The number of nitrogens with zero attached hydrogens (tertiary/aromatic N) is 1. The maximum absolute atomic E-state index is 11.8. The van der Waals surface area contributed by atoms with E-state index in [0.717, 1.165) is 5.56 Å². The Balaban J connectivity index is 2.43. The molecular formula is C13H16N2O2. The summed E-state index contributed by atoms with van der Waals surface area (Å²) < 4.78 is 0. The van der Waals surface area contributed by atoms with Crippen LogP contribution in [0.25, 0.3) is 0 Å². The van der Waals surface area contributed by atoms with Gasteiger partial charge in [0.2, 0.25) is 0 Å². The molecule has 4 heteroatoms. The molecule has 0 aliphatic carbocycles. The molecule has 0 spiro atoms. The van der Waals surface area contributed by atoms with Crippen molar-refractivity contribution in [1.82, 2.24) is 10.2 Å². The summed E-state index contributed by atoms with van der Waals surface area (Å²) in [6, 6.07) is 9.37. The summed E-state index contributed by atoms with van der Waals surface area (Å²) in [5.74, 6) is 0. The van der Waals surface area contributed by atoms with Crippen LogP contribution in [-0.4, -0.2) is 36.2 Å². The molecule has 1 aromatic carbocycles. The van der Waals surface area contributed by atoms with Gasteiger partial charge in [-0.3, -0.25) is 0 Å². The second-order valence-corrected chi connectivity index (χ2v) is 4.02. The normalized spacial score (nSPS) is 22.8. The minimum absolute atomic E-state index is 0.124. The fourth-order valence-corrected chi connectivity index (χ4v) is 2.21. The highest BCUT2D eigenvalue weighted by molar-refractivity contribution is 5.76. The lowest BCUT2D eigenvalue weighted by molar-refractivity contribution is 0.105. The third-order valence-electron chi connectivity index (χ3n) is 3.14. The molecule has 2 rings (SSSR count). The van der Waals surface area contributed by atoms with Gasteiger partial charge < -0.3 is 15.3 Å². The smallest absolute Gasteiger partial charge is 0.318 e. The van der Waals surface area contributed by atoms with Gasteiger partial charge in [-0.05, 0) is 5.56 Å². The van der Waals surface area contributed by atoms with Crippen molar-refractivity contribution in [3.8, 4) is 0 Å². The van der Waals surface area contributed by atoms with E-state index in [1.807, 2.05) is 42.5 Å². The number of amides is 2. The molecule has 1 aliphatic heterocycles. The zero-order valence-electron chi connectivity index (χ0n) is 9.76. The van der Waals surface area contributed by atoms with Gasteiger partial charge in [0.05, 0.1) is 6.61 Å². The van der Waals surface area contributed by atoms with Crippen molar-refractivity contribution in [3.05, 3.63) is 48.0 Å². The van der Waals surface area contributed by atoms with E-state index in [1.54, 1.807) is 11.9 Å². The Morgan fingerprint density at radius 2 is 2.18 bits per heavy atom. The van der Waals surface area contributed by atoms with Gasteiger partial charge in [0.1, 0.15) is 5.54 Å². The largest absolute Gasteiger partial charge is 0.393 e. The van der Waals surface area contributed by atoms with Crippen molar-refractivity contribution in [1.29, 1.82) is 0 Å². The van der Waals surface area contributed by atoms with E-state index in [1.165, 1.54) is 0 Å². The molecule has 0 saturated heterocycles. The Morgan fingerprint density at radius 1 is 1.47 bits per heavy atom. The molecule has 1 atom stereocenters. The number of benzene rings is 1. The number of urea groups is 1. The van der Waals surface area contributed by atoms with Crippen LogP contribution in [0.4, 0.5) is 4.79 Å². The summed E-state index contributed by atoms with van der Waals surface area (Å²) in [5.41, 5.74) is 0.182. The van der Waals surface area contributed by atoms with Crippen LogP contribution in [0.2, 0.25) is 0 Å². The highest BCUT2D eigenvalue weighted by atomic mass is 16.3. The first-order chi connectivity index (χ1) is 8.24. The maximum atomic E-state index is 11.8. The zero-order valence-corrected chi connectivity index (χ0v) is 9.76. The lowest BCUT2D eigenvalue weighted by Crippen LogP contribution is -2.51. The molecule has 0 fully saturated rings. The van der Waals surface area contributed by atoms with Crippen LogP contribution in [0.1, 0.15) is 5.56 Å². The topological polar surface area (TPSA) is 52.6 Å². The Hall–Kier alpha value is -1.81. The number of aliphatic hydroxyl groups is 1. The van der Waals surface area contributed by atoms with E-state index in [-0.39, 0.29) is 12.6 Å². The second kappa shape index (κ2) is 4.59. The number of aliphatic hydroxyl groups excluding tert-OH is 1. The monoisotopic (exact) mass is 232 g/mol. The van der Waals surface area contributed by atoms with Crippen LogP contribution in [0.5, 0.6) is 0 Å². The van der Waals surface area contributed by atoms with Crippen LogP contribution in [-0.2, 0) is 5.54 Å². The molecule has 1 aliphatic rings. The van der Waals surface area contributed by atoms with Crippen molar-refractivity contribution in [2.75, 3.05) is 20.2 Å². The zero-order chi connectivity index (χ0) is 12.3. The summed E-state index contributed by atoms with van der Waals surface area (Å²) in [6.45, 7) is 0.385. The summed E-state index contributed by atoms with van der Waals surface area (Å²) in [5, 5.41) is 12.3. The molecule has 1 aromatic rings. The molecule has 1 heterocycles. The van der Waals surface area contributed by atoms with E-state index < -0.39 is 5.54 Å². The highest BCUT2D eigenvalue weighted by Crippen LogP contribution is 2.33. The van der Waals surface area contributed by atoms with Crippen LogP contribution in [0.3, 0.4) is 0 Å². The fourth-order valence-electron chi connectivity index (χ4n) is 2.21. The van der Waals surface area contributed by atoms with Gasteiger partial charge >= 0.3 is 6.03 Å². The standard InChI is InChI=1S/C13H16N2O2/c1-14-12(17)15-9-5-8-13(15,10-16)11-6-3-2-4-7-11/h2-8,16H,9-10H2,1H3,(H,14,17). The predicted molar refractivity (Wildman–Crippen MR) is 65.5 cm³/mol. The molecule has 2 amide bonds. The van der Waals surface area contributed by atoms with E-state index in [2.05, 4.69) is 5.32 Å². The second-order valence-electron chi connectivity index (χ2n) is 4.02. The summed E-state index contributed by atoms with van der Waals surface area (Å²) in [6.07, 6.45) is 3.79. The van der Waals surface area contributed by atoms with Crippen LogP contribution in [0.15, 0.2) is 42.5 Å². The first-order valence-electron chi connectivity index (χ1n) is 5.58. The molecule has 1 unspecified atom stereocenters. The molecule has 2 N–H and O–H groups in total. The SMILES string of the molecule is CNC(=O)N1CC=CC1(CO)c1ccccc1. The minimum atomic E-state index is -0.735. The number of rotatable bonds is 2. The molecule has 4 nitrogen and oxygen atoms in total. The highest BCUT2D eigenvalue weighted by Gasteiger charge is 2.40. The predicted octanol–water partition coefficient (Wildman–Crippen LogP) is 1.09. The van der Waals surface area contributed by atoms with Gasteiger partial charge in [-0.2, -0.15) is 0 Å². The van der Waals surface area contributed by atoms with Crippen molar-refractivity contribution >= 4 is 6.03 Å². The van der Waals surface area contributed by atoms with E-state index in [0.29, 0.717) is 6.54 Å². The van der Waals surface area contributed by atoms with Gasteiger partial charge in [0.15, 0.2) is 0 Å². The van der Waals surface area contributed by atoms with E-state index >= 15 is 0 Å². The maximum Gasteiger partial charge on any atom is 0.318 e. The molecule has 0 radical (unpaired) electrons. The summed E-state index contributed by atoms with van der Waals surface area (Å²) in [7, 11) is 1.59. The quantitative estimate of drug-likeness (QED) is 0.750. The Bertz CT molecular complexity index is 430. The fraction of sp³-hybridized carbons (Fsp3) is 0.308. The minimum Gasteiger partial charge on any atom is -0.393 e. The molecule has 17 heavy (non-hydrogen) atoms. The molecule has 0 saturated carbocycles. The van der Waals surface area contributed by atoms with Crippen LogP contribution >= 0.6 is 0 Å². The Labute approximate surface area is 101 Å². The van der Waals surface area contributed by atoms with Gasteiger partial charge in [0, 0.05) is 13.6 Å². The lowest BCUT2D eigenvalue weighted by atomic mass is 9.90. The van der Waals surface area contributed by atoms with Gasteiger partial charge in [-0.25, -0.2) is 4.79 Å². The number of carbonyl (C=O) groups is 1. The average molecular weight is 232 g/mol. The molecule has 0 aromatic heterocycles. The number of nitrogens with one attached hydrogen (secondary N) is 1. The number of hydrogen-bond donors (Lipinski definition) is 2. The number of hydrogen-bond acceptors (Lipinski definition) is 2. The number of carbonyl (C=O) groups excluding carboxylic acids is 1. The van der Waals surface area contributed by atoms with Gasteiger partial charge in [-0.15, -0.1) is 0 Å². The third-order valence-corrected chi connectivity index (χ3v) is 3.14. The average Bonchev–Trinajstić information content (AvgIpc) is 2.84. The van der Waals surface area contributed by atoms with Crippen molar-refractivity contribution < 1.29 is 9.90 Å². The van der Waals surface area contributed by atoms with Crippen LogP contribution < -0.4 is 5.32 Å². The molecule has 90 valence electrons. The first kappa shape index (κ1) is 11.7.